The number of Topliss-reactive ketones (excluding diaryl/α,β-unsaturated/α-hetero) is 1. The topological polar surface area (TPSA) is 37.3 Å². The number of rotatable bonds is 2. The maximum Gasteiger partial charge on any atom is 0.166 e. The third kappa shape index (κ3) is 1.86. The fourth-order valence-electron chi connectivity index (χ4n) is 2.08. The predicted molar refractivity (Wildman–Crippen MR) is 47.9 cm³/mol. The molecular formula is C10H18O2. The molecule has 0 spiro atoms. The average molecular weight is 170 g/mol. The summed E-state index contributed by atoms with van der Waals surface area (Å²) in [5.41, 5.74) is -0.230. The molecule has 0 radical (unpaired) electrons. The summed E-state index contributed by atoms with van der Waals surface area (Å²) in [6, 6.07) is 0. The van der Waals surface area contributed by atoms with Gasteiger partial charge in [0.15, 0.2) is 5.78 Å². The molecule has 1 fully saturated rings. The highest BCUT2D eigenvalue weighted by Gasteiger charge is 2.36. The molecule has 1 aliphatic carbocycles. The van der Waals surface area contributed by atoms with E-state index in [1.165, 1.54) is 6.42 Å². The van der Waals surface area contributed by atoms with E-state index in [0.717, 1.165) is 25.7 Å². The highest BCUT2D eigenvalue weighted by atomic mass is 16.3. The van der Waals surface area contributed by atoms with Crippen molar-refractivity contribution in [2.45, 2.75) is 52.1 Å². The van der Waals surface area contributed by atoms with E-state index >= 15 is 0 Å². The smallest absolute Gasteiger partial charge is 0.166 e. The number of carbonyl (C=O) groups excluding carboxylic acids is 1. The summed E-state index contributed by atoms with van der Waals surface area (Å²) in [6.45, 7) is 3.56. The normalized spacial score (nSPS) is 24.9. The average Bonchev–Trinajstić information content (AvgIpc) is 2.04. The molecule has 1 aliphatic rings. The van der Waals surface area contributed by atoms with Crippen molar-refractivity contribution in [2.24, 2.45) is 5.41 Å². The van der Waals surface area contributed by atoms with Gasteiger partial charge in [-0.3, -0.25) is 4.79 Å². The molecule has 2 heteroatoms. The molecule has 1 rings (SSSR count). The zero-order chi connectivity index (χ0) is 9.19. The van der Waals surface area contributed by atoms with Crippen molar-refractivity contribution in [2.75, 3.05) is 0 Å². The van der Waals surface area contributed by atoms with Crippen LogP contribution in [0.15, 0.2) is 0 Å². The van der Waals surface area contributed by atoms with E-state index in [-0.39, 0.29) is 11.2 Å². The predicted octanol–water partition coefficient (Wildman–Crippen LogP) is 1.91. The molecule has 0 aliphatic heterocycles. The zero-order valence-corrected chi connectivity index (χ0v) is 7.97. The molecule has 2 nitrogen and oxygen atoms in total. The number of ketones is 1. The third-order valence-electron chi connectivity index (χ3n) is 2.93. The van der Waals surface area contributed by atoms with Crippen LogP contribution in [-0.4, -0.2) is 17.0 Å². The van der Waals surface area contributed by atoms with Crippen LogP contribution in [0.5, 0.6) is 0 Å². The molecule has 0 heterocycles. The largest absolute Gasteiger partial charge is 0.386 e. The van der Waals surface area contributed by atoms with Crippen LogP contribution in [0, 0.1) is 5.41 Å². The lowest BCUT2D eigenvalue weighted by Gasteiger charge is -2.32. The lowest BCUT2D eigenvalue weighted by molar-refractivity contribution is -0.137. The van der Waals surface area contributed by atoms with Crippen molar-refractivity contribution in [1.82, 2.24) is 0 Å². The first kappa shape index (κ1) is 9.72. The quantitative estimate of drug-likeness (QED) is 0.687. The Bertz CT molecular complexity index is 167. The minimum atomic E-state index is -0.784. The van der Waals surface area contributed by atoms with E-state index in [9.17, 15) is 9.90 Å². The molecule has 0 amide bonds. The molecule has 12 heavy (non-hydrogen) atoms. The summed E-state index contributed by atoms with van der Waals surface area (Å²) in [7, 11) is 0. The Kier molecular flexibility index (Phi) is 2.89. The fourth-order valence-corrected chi connectivity index (χ4v) is 2.08. The van der Waals surface area contributed by atoms with Crippen LogP contribution >= 0.6 is 0 Å². The molecular weight excluding hydrogens is 152 g/mol. The highest BCUT2D eigenvalue weighted by Crippen LogP contribution is 2.37. The van der Waals surface area contributed by atoms with Crippen LogP contribution in [-0.2, 0) is 4.79 Å². The third-order valence-corrected chi connectivity index (χ3v) is 2.93. The van der Waals surface area contributed by atoms with Gasteiger partial charge in [0.1, 0.15) is 6.10 Å². The fraction of sp³-hybridized carbons (Fsp3) is 0.900. The molecule has 1 atom stereocenters. The standard InChI is InChI=1S/C10H18O2/c1-8(11)9(12)10(2)6-4-3-5-7-10/h8,11H,3-7H2,1-2H3/t8-/m0/s1. The molecule has 70 valence electrons. The summed E-state index contributed by atoms with van der Waals surface area (Å²) >= 11 is 0. The van der Waals surface area contributed by atoms with Crippen molar-refractivity contribution in [3.63, 3.8) is 0 Å². The van der Waals surface area contributed by atoms with E-state index < -0.39 is 6.10 Å². The zero-order valence-electron chi connectivity index (χ0n) is 7.97. The summed E-state index contributed by atoms with van der Waals surface area (Å²) in [5, 5.41) is 9.19. The molecule has 0 aromatic carbocycles. The van der Waals surface area contributed by atoms with Gasteiger partial charge >= 0.3 is 0 Å². The van der Waals surface area contributed by atoms with Gasteiger partial charge in [0.2, 0.25) is 0 Å². The van der Waals surface area contributed by atoms with Crippen LogP contribution in [0.4, 0.5) is 0 Å². The number of carbonyl (C=O) groups is 1. The van der Waals surface area contributed by atoms with Gasteiger partial charge in [-0.15, -0.1) is 0 Å². The molecule has 1 N–H and O–H groups in total. The molecule has 0 aromatic heterocycles. The summed E-state index contributed by atoms with van der Waals surface area (Å²) in [5.74, 6) is 0.0298. The van der Waals surface area contributed by atoms with E-state index in [1.54, 1.807) is 6.92 Å². The Morgan fingerprint density at radius 3 is 2.25 bits per heavy atom. The van der Waals surface area contributed by atoms with E-state index in [2.05, 4.69) is 0 Å². The monoisotopic (exact) mass is 170 g/mol. The molecule has 0 unspecified atom stereocenters. The SMILES string of the molecule is C[C@H](O)C(=O)C1(C)CCCCC1. The minimum Gasteiger partial charge on any atom is -0.386 e. The van der Waals surface area contributed by atoms with Gasteiger partial charge < -0.3 is 5.11 Å². The van der Waals surface area contributed by atoms with Crippen LogP contribution in [0.25, 0.3) is 0 Å². The van der Waals surface area contributed by atoms with Gasteiger partial charge in [-0.1, -0.05) is 26.2 Å². The second-order valence-corrected chi connectivity index (χ2v) is 4.16. The molecule has 0 bridgehead atoms. The van der Waals surface area contributed by atoms with Crippen LogP contribution < -0.4 is 0 Å². The van der Waals surface area contributed by atoms with E-state index in [4.69, 9.17) is 0 Å². The van der Waals surface area contributed by atoms with E-state index in [1.807, 2.05) is 6.92 Å². The Labute approximate surface area is 74.0 Å². The van der Waals surface area contributed by atoms with Crippen molar-refractivity contribution < 1.29 is 9.90 Å². The van der Waals surface area contributed by atoms with Gasteiger partial charge in [-0.05, 0) is 19.8 Å². The summed E-state index contributed by atoms with van der Waals surface area (Å²) in [4.78, 5) is 11.6. The minimum absolute atomic E-state index is 0.0298. The lowest BCUT2D eigenvalue weighted by Crippen LogP contribution is -2.36. The number of hydrogen-bond acceptors (Lipinski definition) is 2. The Hall–Kier alpha value is -0.370. The molecule has 1 saturated carbocycles. The van der Waals surface area contributed by atoms with Gasteiger partial charge in [0.05, 0.1) is 0 Å². The first-order chi connectivity index (χ1) is 5.56. The Morgan fingerprint density at radius 1 is 1.33 bits per heavy atom. The van der Waals surface area contributed by atoms with Gasteiger partial charge in [0.25, 0.3) is 0 Å². The lowest BCUT2D eigenvalue weighted by atomic mass is 9.71. The second kappa shape index (κ2) is 3.56. The van der Waals surface area contributed by atoms with E-state index in [0.29, 0.717) is 0 Å². The summed E-state index contributed by atoms with van der Waals surface area (Å²) < 4.78 is 0. The molecule has 0 aromatic rings. The number of hydrogen-bond donors (Lipinski definition) is 1. The van der Waals surface area contributed by atoms with Gasteiger partial charge in [-0.25, -0.2) is 0 Å². The second-order valence-electron chi connectivity index (χ2n) is 4.16. The molecule has 0 saturated heterocycles. The van der Waals surface area contributed by atoms with Gasteiger partial charge in [0, 0.05) is 5.41 Å². The van der Waals surface area contributed by atoms with Crippen molar-refractivity contribution in [1.29, 1.82) is 0 Å². The Morgan fingerprint density at radius 2 is 1.83 bits per heavy atom. The van der Waals surface area contributed by atoms with Crippen LogP contribution in [0.1, 0.15) is 46.0 Å². The Balaban J connectivity index is 2.62. The van der Waals surface area contributed by atoms with Crippen molar-refractivity contribution in [3.05, 3.63) is 0 Å². The highest BCUT2D eigenvalue weighted by molar-refractivity contribution is 5.88. The summed E-state index contributed by atoms with van der Waals surface area (Å²) in [6.07, 6.45) is 4.63. The first-order valence-electron chi connectivity index (χ1n) is 4.79. The van der Waals surface area contributed by atoms with Crippen molar-refractivity contribution in [3.8, 4) is 0 Å². The van der Waals surface area contributed by atoms with Crippen LogP contribution in [0.3, 0.4) is 0 Å². The van der Waals surface area contributed by atoms with Crippen molar-refractivity contribution >= 4 is 5.78 Å². The maximum absolute atomic E-state index is 11.6. The van der Waals surface area contributed by atoms with Crippen LogP contribution in [0.2, 0.25) is 0 Å². The van der Waals surface area contributed by atoms with Gasteiger partial charge in [-0.2, -0.15) is 0 Å². The number of aliphatic hydroxyl groups is 1. The number of aliphatic hydroxyl groups excluding tert-OH is 1. The first-order valence-corrected chi connectivity index (χ1v) is 4.79. The maximum atomic E-state index is 11.6.